The number of fused-ring (bicyclic) bond motifs is 5. The van der Waals surface area contributed by atoms with Crippen molar-refractivity contribution in [2.45, 2.75) is 151 Å². The second kappa shape index (κ2) is 12.8. The van der Waals surface area contributed by atoms with Gasteiger partial charge in [-0.05, 0) is 81.6 Å². The minimum Gasteiger partial charge on any atom is -0.458 e. The lowest BCUT2D eigenvalue weighted by Crippen LogP contribution is -2.69. The molecule has 4 aliphatic carbocycles. The van der Waals surface area contributed by atoms with Crippen molar-refractivity contribution < 1.29 is 69.0 Å². The Balaban J connectivity index is 1.00. The summed E-state index contributed by atoms with van der Waals surface area (Å²) in [5.74, 6) is -0.688. The van der Waals surface area contributed by atoms with E-state index in [0.717, 1.165) is 18.3 Å². The Morgan fingerprint density at radius 1 is 0.939 bits per heavy atom. The van der Waals surface area contributed by atoms with Crippen molar-refractivity contribution in [1.29, 1.82) is 0 Å². The maximum absolute atomic E-state index is 13.2. The molecule has 14 heteroatoms. The molecule has 3 heterocycles. The Kier molecular flexibility index (Phi) is 9.38. The Hall–Kier alpha value is -1.56. The van der Waals surface area contributed by atoms with Crippen LogP contribution in [0.3, 0.4) is 0 Å². The van der Waals surface area contributed by atoms with Gasteiger partial charge in [0, 0.05) is 24.3 Å². The van der Waals surface area contributed by atoms with Crippen LogP contribution in [-0.2, 0) is 33.3 Å². The smallest absolute Gasteiger partial charge is 0.331 e. The van der Waals surface area contributed by atoms with Crippen molar-refractivity contribution in [3.05, 3.63) is 11.6 Å². The van der Waals surface area contributed by atoms with Crippen molar-refractivity contribution in [2.75, 3.05) is 13.2 Å². The molecule has 0 aromatic rings. The summed E-state index contributed by atoms with van der Waals surface area (Å²) in [6.07, 6.45) is -4.38. The molecule has 276 valence electrons. The SMILES string of the molecule is C[C@@H]1O[C@H](O[C@H]2CC[C@]3(C=O)[C@@H]4CC[C@]5(C)[C@H](C6=CC(=O)OC6)CC[C@@]5(O)[C@@H]4CC[C@@]3(O)C2)C[C@H](O)[C@H]1O[C@@H]1O[C@H](CO)[C@@H](O)[C@@H](O)[C@H]1O. The lowest BCUT2D eigenvalue weighted by molar-refractivity contribution is -0.345. The number of aliphatic hydroxyl groups excluding tert-OH is 5. The standard InChI is InChI=1S/C35H52O14/c1-17-30(49-31-29(42)28(41)27(40)24(14-36)48-31)23(38)12-26(46-17)47-19-3-8-33(16-37)21-4-7-32(2)20(18-11-25(39)45-15-18)6-10-35(32,44)22(21)5-9-34(33,43)13-19/h11,16-17,19-24,26-31,36,38,40-44H,3-10,12-15H2,1-2H3/t17-,19-,20-,21+,22+,23-,24+,26+,27+,28+,29+,30-,31-,32+,33-,34+,35+/m0/s1. The highest BCUT2D eigenvalue weighted by Crippen LogP contribution is 2.70. The second-order valence-corrected chi connectivity index (χ2v) is 16.1. The molecular weight excluding hydrogens is 644 g/mol. The number of aldehydes is 1. The van der Waals surface area contributed by atoms with Gasteiger partial charge in [0.15, 0.2) is 12.6 Å². The number of aliphatic hydroxyl groups is 7. The summed E-state index contributed by atoms with van der Waals surface area (Å²) in [6.45, 7) is 3.42. The molecule has 2 saturated heterocycles. The van der Waals surface area contributed by atoms with Crippen molar-refractivity contribution >= 4 is 12.3 Å². The Labute approximate surface area is 285 Å². The molecule has 4 saturated carbocycles. The van der Waals surface area contributed by atoms with Crippen molar-refractivity contribution in [1.82, 2.24) is 0 Å². The largest absolute Gasteiger partial charge is 0.458 e. The number of hydrogen-bond donors (Lipinski definition) is 7. The molecule has 0 amide bonds. The summed E-state index contributed by atoms with van der Waals surface area (Å²) in [6, 6.07) is 0. The summed E-state index contributed by atoms with van der Waals surface area (Å²) >= 11 is 0. The third kappa shape index (κ3) is 5.47. The fourth-order valence-electron chi connectivity index (χ4n) is 11.3. The molecule has 49 heavy (non-hydrogen) atoms. The van der Waals surface area contributed by atoms with Gasteiger partial charge in [0.2, 0.25) is 0 Å². The van der Waals surface area contributed by atoms with Gasteiger partial charge in [0.25, 0.3) is 0 Å². The van der Waals surface area contributed by atoms with Gasteiger partial charge in [-0.1, -0.05) is 6.92 Å². The van der Waals surface area contributed by atoms with E-state index < -0.39 is 90.1 Å². The van der Waals surface area contributed by atoms with Crippen LogP contribution < -0.4 is 0 Å². The highest BCUT2D eigenvalue weighted by atomic mass is 16.7. The quantitative estimate of drug-likeness (QED) is 0.102. The average Bonchev–Trinajstić information content (AvgIpc) is 3.61. The molecule has 0 spiro atoms. The summed E-state index contributed by atoms with van der Waals surface area (Å²) in [5, 5.41) is 75.9. The van der Waals surface area contributed by atoms with Crippen LogP contribution in [0.4, 0.5) is 0 Å². The van der Waals surface area contributed by atoms with E-state index in [1.54, 1.807) is 13.0 Å². The molecular formula is C35H52O14. The van der Waals surface area contributed by atoms with Gasteiger partial charge in [-0.15, -0.1) is 0 Å². The molecule has 0 unspecified atom stereocenters. The highest BCUT2D eigenvalue weighted by molar-refractivity contribution is 5.85. The third-order valence-electron chi connectivity index (χ3n) is 14.0. The van der Waals surface area contributed by atoms with Crippen LogP contribution in [0.2, 0.25) is 0 Å². The third-order valence-corrected chi connectivity index (χ3v) is 14.0. The molecule has 3 aliphatic heterocycles. The van der Waals surface area contributed by atoms with Crippen LogP contribution in [-0.4, -0.2) is 134 Å². The highest BCUT2D eigenvalue weighted by Gasteiger charge is 2.71. The van der Waals surface area contributed by atoms with Crippen molar-refractivity contribution in [3.63, 3.8) is 0 Å². The van der Waals surface area contributed by atoms with E-state index in [2.05, 4.69) is 6.92 Å². The monoisotopic (exact) mass is 696 g/mol. The molecule has 14 nitrogen and oxygen atoms in total. The minimum atomic E-state index is -1.62. The average molecular weight is 697 g/mol. The minimum absolute atomic E-state index is 0.00470. The lowest BCUT2D eigenvalue weighted by atomic mass is 9.41. The summed E-state index contributed by atoms with van der Waals surface area (Å²) in [7, 11) is 0. The Morgan fingerprint density at radius 3 is 2.37 bits per heavy atom. The summed E-state index contributed by atoms with van der Waals surface area (Å²) in [4.78, 5) is 25.0. The summed E-state index contributed by atoms with van der Waals surface area (Å²) < 4.78 is 28.9. The normalized spacial score (nSPS) is 54.3. The van der Waals surface area contributed by atoms with Crippen LogP contribution in [0.1, 0.15) is 78.1 Å². The van der Waals surface area contributed by atoms with E-state index >= 15 is 0 Å². The van der Waals surface area contributed by atoms with Crippen molar-refractivity contribution in [2.24, 2.45) is 28.6 Å². The fraction of sp³-hybridized carbons (Fsp3) is 0.886. The van der Waals surface area contributed by atoms with E-state index in [9.17, 15) is 45.3 Å². The van der Waals surface area contributed by atoms with Gasteiger partial charge >= 0.3 is 5.97 Å². The van der Waals surface area contributed by atoms with E-state index in [1.165, 1.54) is 0 Å². The molecule has 0 radical (unpaired) electrons. The first kappa shape index (κ1) is 35.8. The molecule has 0 bridgehead atoms. The molecule has 0 aromatic heterocycles. The number of carbonyl (C=O) groups is 2. The van der Waals surface area contributed by atoms with Crippen LogP contribution >= 0.6 is 0 Å². The maximum atomic E-state index is 13.2. The topological polar surface area (TPSA) is 222 Å². The lowest BCUT2D eigenvalue weighted by Gasteiger charge is -2.65. The first-order valence-corrected chi connectivity index (χ1v) is 17.9. The predicted octanol–water partition coefficient (Wildman–Crippen LogP) is -0.397. The number of ether oxygens (including phenoxy) is 5. The zero-order valence-electron chi connectivity index (χ0n) is 28.1. The number of cyclic esters (lactones) is 1. The fourth-order valence-corrected chi connectivity index (χ4v) is 11.3. The molecule has 0 aromatic carbocycles. The van der Waals surface area contributed by atoms with E-state index in [-0.39, 0.29) is 43.2 Å². The Bertz CT molecular complexity index is 1300. The molecule has 7 aliphatic rings. The van der Waals surface area contributed by atoms with Gasteiger partial charge < -0.3 is 64.2 Å². The maximum Gasteiger partial charge on any atom is 0.331 e. The van der Waals surface area contributed by atoms with Gasteiger partial charge in [-0.25, -0.2) is 4.79 Å². The first-order chi connectivity index (χ1) is 23.2. The first-order valence-electron chi connectivity index (χ1n) is 17.9. The molecule has 7 rings (SSSR count). The summed E-state index contributed by atoms with van der Waals surface area (Å²) in [5.41, 5.74) is -2.94. The van der Waals surface area contributed by atoms with E-state index in [0.29, 0.717) is 44.9 Å². The van der Waals surface area contributed by atoms with Gasteiger partial charge in [-0.2, -0.15) is 0 Å². The van der Waals surface area contributed by atoms with Crippen LogP contribution in [0.5, 0.6) is 0 Å². The van der Waals surface area contributed by atoms with Gasteiger partial charge in [0.1, 0.15) is 43.4 Å². The van der Waals surface area contributed by atoms with Crippen LogP contribution in [0.25, 0.3) is 0 Å². The zero-order chi connectivity index (χ0) is 35.1. The van der Waals surface area contributed by atoms with E-state index in [1.807, 2.05) is 0 Å². The van der Waals surface area contributed by atoms with E-state index in [4.69, 9.17) is 23.7 Å². The van der Waals surface area contributed by atoms with Crippen LogP contribution in [0, 0.1) is 28.6 Å². The molecule has 7 N–H and O–H groups in total. The van der Waals surface area contributed by atoms with Crippen molar-refractivity contribution in [3.8, 4) is 0 Å². The number of esters is 1. The second-order valence-electron chi connectivity index (χ2n) is 16.1. The number of hydrogen-bond acceptors (Lipinski definition) is 14. The van der Waals surface area contributed by atoms with Gasteiger partial charge in [-0.3, -0.25) is 0 Å². The van der Waals surface area contributed by atoms with Crippen LogP contribution in [0.15, 0.2) is 11.6 Å². The zero-order valence-corrected chi connectivity index (χ0v) is 28.1. The van der Waals surface area contributed by atoms with Gasteiger partial charge in [0.05, 0.1) is 41.5 Å². The Morgan fingerprint density at radius 2 is 1.69 bits per heavy atom. The number of carbonyl (C=O) groups excluding carboxylic acids is 2. The molecule has 6 fully saturated rings. The molecule has 17 atom stereocenters. The predicted molar refractivity (Wildman–Crippen MR) is 166 cm³/mol. The number of rotatable bonds is 7.